The second-order valence-electron chi connectivity index (χ2n) is 8.33. The molecule has 0 aliphatic carbocycles. The van der Waals surface area contributed by atoms with E-state index in [9.17, 15) is 14.4 Å². The monoisotopic (exact) mass is 479 g/mol. The van der Waals surface area contributed by atoms with E-state index < -0.39 is 17.9 Å². The van der Waals surface area contributed by atoms with E-state index in [2.05, 4.69) is 10.6 Å². The van der Waals surface area contributed by atoms with Crippen LogP contribution in [0, 0.1) is 5.92 Å². The number of nitrogens with zero attached hydrogens (tertiary/aromatic N) is 1. The van der Waals surface area contributed by atoms with E-state index >= 15 is 0 Å². The summed E-state index contributed by atoms with van der Waals surface area (Å²) in [5.41, 5.74) is 1.66. The summed E-state index contributed by atoms with van der Waals surface area (Å²) in [4.78, 5) is 39.8. The molecule has 3 aromatic carbocycles. The zero-order chi connectivity index (χ0) is 24.2. The van der Waals surface area contributed by atoms with Crippen molar-refractivity contribution >= 4 is 40.2 Å². The largest absolute Gasteiger partial charge is 0.496 e. The van der Waals surface area contributed by atoms with Crippen molar-refractivity contribution in [1.82, 2.24) is 15.5 Å². The molecule has 3 aromatic rings. The maximum Gasteiger partial charge on any atom is 0.325 e. The Morgan fingerprint density at radius 2 is 1.94 bits per heavy atom. The fourth-order valence-electron chi connectivity index (χ4n) is 4.29. The second kappa shape index (κ2) is 10.1. The fraction of sp³-hybridized carbons (Fsp3) is 0.269. The van der Waals surface area contributed by atoms with Gasteiger partial charge in [0.2, 0.25) is 11.8 Å². The van der Waals surface area contributed by atoms with Crippen LogP contribution in [0.2, 0.25) is 5.02 Å². The van der Waals surface area contributed by atoms with Crippen molar-refractivity contribution in [2.45, 2.75) is 19.4 Å². The SMILES string of the molecule is COc1ccc(Cl)cc1CC1CNC(=O)CN(C(=O)NC(C)c2cccc3ccccc23)C1=O. The predicted octanol–water partition coefficient (Wildman–Crippen LogP) is 4.09. The molecule has 1 fully saturated rings. The Morgan fingerprint density at radius 1 is 1.18 bits per heavy atom. The van der Waals surface area contributed by atoms with Gasteiger partial charge in [-0.05, 0) is 53.4 Å². The lowest BCUT2D eigenvalue weighted by atomic mass is 9.97. The lowest BCUT2D eigenvalue weighted by Gasteiger charge is -2.25. The summed E-state index contributed by atoms with van der Waals surface area (Å²) < 4.78 is 5.39. The van der Waals surface area contributed by atoms with Crippen LogP contribution in [-0.4, -0.2) is 42.9 Å². The van der Waals surface area contributed by atoms with Crippen molar-refractivity contribution in [3.63, 3.8) is 0 Å². The summed E-state index contributed by atoms with van der Waals surface area (Å²) in [5, 5.41) is 8.22. The third-order valence-electron chi connectivity index (χ3n) is 6.05. The van der Waals surface area contributed by atoms with E-state index in [0.717, 1.165) is 26.8 Å². The number of imide groups is 1. The second-order valence-corrected chi connectivity index (χ2v) is 8.76. The molecule has 0 radical (unpaired) electrons. The van der Waals surface area contributed by atoms with Gasteiger partial charge in [-0.3, -0.25) is 14.5 Å². The number of benzene rings is 3. The number of rotatable bonds is 5. The van der Waals surface area contributed by atoms with Gasteiger partial charge in [-0.15, -0.1) is 0 Å². The summed E-state index contributed by atoms with van der Waals surface area (Å²) in [7, 11) is 1.54. The van der Waals surface area contributed by atoms with E-state index in [-0.39, 0.29) is 31.5 Å². The molecule has 2 N–H and O–H groups in total. The van der Waals surface area contributed by atoms with E-state index in [0.29, 0.717) is 10.8 Å². The number of fused-ring (bicyclic) bond motifs is 1. The average Bonchev–Trinajstić information content (AvgIpc) is 2.97. The van der Waals surface area contributed by atoms with Gasteiger partial charge in [-0.25, -0.2) is 4.79 Å². The minimum absolute atomic E-state index is 0.121. The highest BCUT2D eigenvalue weighted by Gasteiger charge is 2.35. The number of hydrogen-bond donors (Lipinski definition) is 2. The van der Waals surface area contributed by atoms with Crippen LogP contribution in [0.1, 0.15) is 24.1 Å². The Bertz CT molecular complexity index is 1240. The minimum Gasteiger partial charge on any atom is -0.496 e. The van der Waals surface area contributed by atoms with Crippen molar-refractivity contribution in [1.29, 1.82) is 0 Å². The zero-order valence-corrected chi connectivity index (χ0v) is 19.8. The highest BCUT2D eigenvalue weighted by Crippen LogP contribution is 2.27. The van der Waals surface area contributed by atoms with Crippen LogP contribution in [-0.2, 0) is 16.0 Å². The van der Waals surface area contributed by atoms with Crippen LogP contribution >= 0.6 is 11.6 Å². The molecule has 1 aliphatic rings. The number of halogens is 1. The first-order chi connectivity index (χ1) is 16.4. The van der Waals surface area contributed by atoms with Crippen molar-refractivity contribution in [2.75, 3.05) is 20.2 Å². The van der Waals surface area contributed by atoms with Crippen LogP contribution in [0.25, 0.3) is 10.8 Å². The first-order valence-corrected chi connectivity index (χ1v) is 11.4. The number of carbonyl (C=O) groups excluding carboxylic acids is 3. The minimum atomic E-state index is -0.641. The third-order valence-corrected chi connectivity index (χ3v) is 6.28. The molecule has 8 heteroatoms. The van der Waals surface area contributed by atoms with Gasteiger partial charge in [0.1, 0.15) is 12.3 Å². The number of nitrogens with one attached hydrogen (secondary N) is 2. The van der Waals surface area contributed by atoms with Crippen molar-refractivity contribution in [3.8, 4) is 5.75 Å². The zero-order valence-electron chi connectivity index (χ0n) is 19.0. The highest BCUT2D eigenvalue weighted by molar-refractivity contribution is 6.30. The first-order valence-electron chi connectivity index (χ1n) is 11.1. The van der Waals surface area contributed by atoms with Crippen LogP contribution in [0.3, 0.4) is 0 Å². The topological polar surface area (TPSA) is 87.7 Å². The molecule has 1 saturated heterocycles. The van der Waals surface area contributed by atoms with Crippen molar-refractivity contribution in [3.05, 3.63) is 76.8 Å². The molecule has 0 aromatic heterocycles. The molecule has 2 unspecified atom stereocenters. The number of carbonyl (C=O) groups is 3. The Morgan fingerprint density at radius 3 is 2.74 bits per heavy atom. The standard InChI is InChI=1S/C26H26ClN3O4/c1-16(21-9-5-7-17-6-3-4-8-22(17)21)29-26(33)30-15-24(31)28-14-19(25(30)32)12-18-13-20(27)10-11-23(18)34-2/h3-11,13,16,19H,12,14-15H2,1-2H3,(H,28,31)(H,29,33). The summed E-state index contributed by atoms with van der Waals surface area (Å²) in [6.45, 7) is 1.64. The smallest absolute Gasteiger partial charge is 0.325 e. The van der Waals surface area contributed by atoms with Gasteiger partial charge in [0.05, 0.1) is 19.1 Å². The number of methoxy groups -OCH3 is 1. The molecule has 4 rings (SSSR count). The molecule has 7 nitrogen and oxygen atoms in total. The molecule has 1 aliphatic heterocycles. The molecule has 0 bridgehead atoms. The van der Waals surface area contributed by atoms with Gasteiger partial charge in [-0.1, -0.05) is 54.1 Å². The molecule has 34 heavy (non-hydrogen) atoms. The van der Waals surface area contributed by atoms with Crippen LogP contribution < -0.4 is 15.4 Å². The molecule has 2 atom stereocenters. The molecule has 176 valence electrons. The van der Waals surface area contributed by atoms with E-state index in [4.69, 9.17) is 16.3 Å². The maximum atomic E-state index is 13.4. The molecule has 0 saturated carbocycles. The number of ether oxygens (including phenoxy) is 1. The van der Waals surface area contributed by atoms with Gasteiger partial charge in [0, 0.05) is 11.6 Å². The molecular weight excluding hydrogens is 454 g/mol. The predicted molar refractivity (Wildman–Crippen MR) is 131 cm³/mol. The summed E-state index contributed by atoms with van der Waals surface area (Å²) in [6, 6.07) is 18.0. The van der Waals surface area contributed by atoms with Crippen molar-refractivity contribution in [2.24, 2.45) is 5.92 Å². The lowest BCUT2D eigenvalue weighted by Crippen LogP contribution is -2.48. The quantitative estimate of drug-likeness (QED) is 0.577. The maximum absolute atomic E-state index is 13.4. The van der Waals surface area contributed by atoms with Crippen LogP contribution in [0.15, 0.2) is 60.7 Å². The van der Waals surface area contributed by atoms with Gasteiger partial charge in [0.25, 0.3) is 0 Å². The summed E-state index contributed by atoms with van der Waals surface area (Å²) >= 11 is 6.13. The Hall–Kier alpha value is -3.58. The number of hydrogen-bond acceptors (Lipinski definition) is 4. The fourth-order valence-corrected chi connectivity index (χ4v) is 4.49. The Balaban J connectivity index is 1.55. The van der Waals surface area contributed by atoms with Crippen LogP contribution in [0.4, 0.5) is 4.79 Å². The molecule has 1 heterocycles. The number of amides is 4. The van der Waals surface area contributed by atoms with E-state index in [1.807, 2.05) is 49.4 Å². The molecule has 0 spiro atoms. The molecular formula is C26H26ClN3O4. The van der Waals surface area contributed by atoms with Gasteiger partial charge >= 0.3 is 6.03 Å². The summed E-state index contributed by atoms with van der Waals surface area (Å²) in [5.74, 6) is -0.865. The van der Waals surface area contributed by atoms with Gasteiger partial charge in [-0.2, -0.15) is 0 Å². The normalized spacial score (nSPS) is 17.1. The molecule has 4 amide bonds. The first kappa shape index (κ1) is 23.6. The van der Waals surface area contributed by atoms with Crippen LogP contribution in [0.5, 0.6) is 5.75 Å². The lowest BCUT2D eigenvalue weighted by molar-refractivity contribution is -0.133. The Labute approximate surface area is 203 Å². The third kappa shape index (κ3) is 4.99. The van der Waals surface area contributed by atoms with Crippen molar-refractivity contribution < 1.29 is 19.1 Å². The average molecular weight is 480 g/mol. The Kier molecular flexibility index (Phi) is 7.03. The van der Waals surface area contributed by atoms with Gasteiger partial charge in [0.15, 0.2) is 0 Å². The number of urea groups is 1. The van der Waals surface area contributed by atoms with E-state index in [1.165, 1.54) is 7.11 Å². The van der Waals surface area contributed by atoms with E-state index in [1.54, 1.807) is 18.2 Å². The summed E-state index contributed by atoms with van der Waals surface area (Å²) in [6.07, 6.45) is 0.269. The highest BCUT2D eigenvalue weighted by atomic mass is 35.5. The van der Waals surface area contributed by atoms with Gasteiger partial charge < -0.3 is 15.4 Å².